The number of esters is 2. The summed E-state index contributed by atoms with van der Waals surface area (Å²) in [5.74, 6) is 2.09. The van der Waals surface area contributed by atoms with E-state index < -0.39 is 0 Å². The molecule has 8 atom stereocenters. The van der Waals surface area contributed by atoms with Gasteiger partial charge in [0.05, 0.1) is 17.7 Å². The number of rotatable bonds is 8. The fraction of sp³-hybridized carbons (Fsp3) is 0.553. The average Bonchev–Trinajstić information content (AvgIpc) is 3.39. The van der Waals surface area contributed by atoms with Crippen LogP contribution in [0.15, 0.2) is 72.3 Å². The van der Waals surface area contributed by atoms with Crippen LogP contribution in [0.5, 0.6) is 0 Å². The van der Waals surface area contributed by atoms with Gasteiger partial charge in [-0.1, -0.05) is 62.7 Å². The van der Waals surface area contributed by atoms with Crippen molar-refractivity contribution in [2.45, 2.75) is 84.7 Å². The minimum absolute atomic E-state index is 0.00188. The number of carbonyl (C=O) groups is 3. The van der Waals surface area contributed by atoms with E-state index in [0.29, 0.717) is 53.7 Å². The van der Waals surface area contributed by atoms with Gasteiger partial charge in [-0.3, -0.25) is 4.79 Å². The molecule has 0 saturated heterocycles. The molecule has 0 aliphatic heterocycles. The fourth-order valence-electron chi connectivity index (χ4n) is 9.84. The van der Waals surface area contributed by atoms with Crippen LogP contribution in [0, 0.1) is 40.4 Å². The third-order valence-electron chi connectivity index (χ3n) is 12.1. The van der Waals surface area contributed by atoms with Crippen molar-refractivity contribution in [1.29, 1.82) is 0 Å². The van der Waals surface area contributed by atoms with E-state index in [0.717, 1.165) is 51.4 Å². The Bertz CT molecular complexity index is 1370. The van der Waals surface area contributed by atoms with Crippen molar-refractivity contribution in [3.63, 3.8) is 0 Å². The van der Waals surface area contributed by atoms with Crippen molar-refractivity contribution < 1.29 is 23.9 Å². The van der Waals surface area contributed by atoms with E-state index >= 15 is 0 Å². The Hall–Kier alpha value is -3.21. The molecule has 5 nitrogen and oxygen atoms in total. The van der Waals surface area contributed by atoms with E-state index in [9.17, 15) is 14.4 Å². The highest BCUT2D eigenvalue weighted by Crippen LogP contribution is 2.68. The molecule has 0 N–H and O–H groups in total. The molecule has 43 heavy (non-hydrogen) atoms. The Labute approximate surface area is 256 Å². The topological polar surface area (TPSA) is 69.7 Å². The van der Waals surface area contributed by atoms with E-state index in [-0.39, 0.29) is 34.7 Å². The normalized spacial score (nSPS) is 33.8. The Balaban J connectivity index is 1.21. The van der Waals surface area contributed by atoms with Crippen LogP contribution in [0.4, 0.5) is 0 Å². The first-order chi connectivity index (χ1) is 20.7. The summed E-state index contributed by atoms with van der Waals surface area (Å²) in [4.78, 5) is 38.4. The number of fused-ring (bicyclic) bond motifs is 5. The molecule has 4 aliphatic carbocycles. The lowest BCUT2D eigenvalue weighted by Gasteiger charge is -2.60. The van der Waals surface area contributed by atoms with E-state index in [1.165, 1.54) is 5.57 Å². The van der Waals surface area contributed by atoms with Crippen LogP contribution in [-0.2, 0) is 14.3 Å². The maximum atomic E-state index is 13.6. The van der Waals surface area contributed by atoms with Gasteiger partial charge < -0.3 is 9.47 Å². The highest BCUT2D eigenvalue weighted by molar-refractivity contribution is 5.92. The Morgan fingerprint density at radius 1 is 0.884 bits per heavy atom. The fourth-order valence-corrected chi connectivity index (χ4v) is 9.84. The molecule has 5 heteroatoms. The monoisotopic (exact) mass is 582 g/mol. The SMILES string of the molecule is C[C@H](CCCOC(=O)c1ccccc1)[C@H]1CC[C@H]2[C@@H]3CCC4=CC(=O)CC[C@]4(C)[C@H]3C[C@H](OC(=O)c3ccccc3)[C@]12C. The van der Waals surface area contributed by atoms with Crippen molar-refractivity contribution in [2.24, 2.45) is 40.4 Å². The van der Waals surface area contributed by atoms with Crippen LogP contribution in [0.2, 0.25) is 0 Å². The quantitative estimate of drug-likeness (QED) is 0.232. The Morgan fingerprint density at radius 3 is 2.26 bits per heavy atom. The standard InChI is InChI=1S/C38H46O5/c1-25(11-10-22-42-35(40)26-12-6-4-7-13-26)31-18-19-32-30-17-16-28-23-29(39)20-21-37(28,2)33(30)24-34(38(31,32)3)43-36(41)27-14-8-5-9-15-27/h4-9,12-15,23,25,30-34H,10-11,16-22,24H2,1-3H3/t25-,30+,31-,32+,33+,34+,37+,38-/m1/s1. The molecule has 228 valence electrons. The van der Waals surface area contributed by atoms with Gasteiger partial charge in [0, 0.05) is 11.8 Å². The average molecular weight is 583 g/mol. The van der Waals surface area contributed by atoms with Gasteiger partial charge in [0.2, 0.25) is 0 Å². The predicted octanol–water partition coefficient (Wildman–Crippen LogP) is 8.24. The number of benzene rings is 2. The molecule has 0 unspecified atom stereocenters. The van der Waals surface area contributed by atoms with Crippen molar-refractivity contribution in [3.05, 3.63) is 83.4 Å². The first-order valence-corrected chi connectivity index (χ1v) is 16.4. The summed E-state index contributed by atoms with van der Waals surface area (Å²) in [6, 6.07) is 18.6. The predicted molar refractivity (Wildman–Crippen MR) is 166 cm³/mol. The number of ketones is 1. The second-order valence-corrected chi connectivity index (χ2v) is 14.1. The molecule has 2 aromatic carbocycles. The van der Waals surface area contributed by atoms with Crippen LogP contribution in [0.3, 0.4) is 0 Å². The summed E-state index contributed by atoms with van der Waals surface area (Å²) < 4.78 is 12.2. The summed E-state index contributed by atoms with van der Waals surface area (Å²) in [5, 5.41) is 0. The number of carbonyl (C=O) groups excluding carboxylic acids is 3. The first-order valence-electron chi connectivity index (χ1n) is 16.4. The summed E-state index contributed by atoms with van der Waals surface area (Å²) >= 11 is 0. The van der Waals surface area contributed by atoms with Crippen molar-refractivity contribution in [1.82, 2.24) is 0 Å². The second-order valence-electron chi connectivity index (χ2n) is 14.1. The van der Waals surface area contributed by atoms with Crippen LogP contribution >= 0.6 is 0 Å². The van der Waals surface area contributed by atoms with Crippen LogP contribution < -0.4 is 0 Å². The van der Waals surface area contributed by atoms with E-state index in [1.54, 1.807) is 12.1 Å². The molecule has 0 heterocycles. The third-order valence-corrected chi connectivity index (χ3v) is 12.1. The highest BCUT2D eigenvalue weighted by atomic mass is 16.5. The zero-order chi connectivity index (χ0) is 30.2. The molecule has 2 aromatic rings. The van der Waals surface area contributed by atoms with E-state index in [2.05, 4.69) is 20.8 Å². The smallest absolute Gasteiger partial charge is 0.338 e. The Morgan fingerprint density at radius 2 is 1.56 bits per heavy atom. The molecule has 0 radical (unpaired) electrons. The molecule has 3 fully saturated rings. The minimum atomic E-state index is -0.268. The number of hydrogen-bond acceptors (Lipinski definition) is 5. The van der Waals surface area contributed by atoms with Crippen LogP contribution in [0.1, 0.15) is 99.3 Å². The van der Waals surface area contributed by atoms with Gasteiger partial charge in [0.25, 0.3) is 0 Å². The van der Waals surface area contributed by atoms with Gasteiger partial charge in [-0.05, 0) is 117 Å². The maximum Gasteiger partial charge on any atom is 0.338 e. The van der Waals surface area contributed by atoms with Gasteiger partial charge in [0.15, 0.2) is 5.78 Å². The van der Waals surface area contributed by atoms with Gasteiger partial charge in [-0.2, -0.15) is 0 Å². The molecule has 0 spiro atoms. The zero-order valence-electron chi connectivity index (χ0n) is 25.9. The van der Waals surface area contributed by atoms with Crippen molar-refractivity contribution >= 4 is 17.7 Å². The zero-order valence-corrected chi connectivity index (χ0v) is 25.9. The molecular weight excluding hydrogens is 536 g/mol. The minimum Gasteiger partial charge on any atom is -0.462 e. The molecule has 0 bridgehead atoms. The number of hydrogen-bond donors (Lipinski definition) is 0. The van der Waals surface area contributed by atoms with E-state index in [4.69, 9.17) is 9.47 Å². The largest absolute Gasteiger partial charge is 0.462 e. The lowest BCUT2D eigenvalue weighted by Crippen LogP contribution is -2.58. The van der Waals surface area contributed by atoms with Crippen molar-refractivity contribution in [2.75, 3.05) is 6.61 Å². The molecular formula is C38H46O5. The first kappa shape index (κ1) is 29.8. The maximum absolute atomic E-state index is 13.6. The summed E-state index contributed by atoms with van der Waals surface area (Å²) in [7, 11) is 0. The third kappa shape index (κ3) is 5.49. The van der Waals surface area contributed by atoms with Gasteiger partial charge in [-0.25, -0.2) is 9.59 Å². The summed E-state index contributed by atoms with van der Waals surface area (Å²) in [6.45, 7) is 7.55. The van der Waals surface area contributed by atoms with Gasteiger partial charge in [-0.15, -0.1) is 0 Å². The summed E-state index contributed by atoms with van der Waals surface area (Å²) in [5.41, 5.74) is 2.40. The van der Waals surface area contributed by atoms with Crippen molar-refractivity contribution in [3.8, 4) is 0 Å². The Kier molecular flexibility index (Phi) is 8.37. The van der Waals surface area contributed by atoms with Gasteiger partial charge >= 0.3 is 11.9 Å². The highest BCUT2D eigenvalue weighted by Gasteiger charge is 2.64. The lowest BCUT2D eigenvalue weighted by molar-refractivity contribution is -0.144. The van der Waals surface area contributed by atoms with Gasteiger partial charge in [0.1, 0.15) is 6.10 Å². The van der Waals surface area contributed by atoms with Crippen LogP contribution in [0.25, 0.3) is 0 Å². The molecule has 4 aliphatic rings. The van der Waals surface area contributed by atoms with Crippen LogP contribution in [-0.4, -0.2) is 30.4 Å². The molecule has 6 rings (SSSR count). The number of allylic oxidation sites excluding steroid dienone is 1. The number of ether oxygens (including phenoxy) is 2. The van der Waals surface area contributed by atoms with E-state index in [1.807, 2.05) is 54.6 Å². The lowest BCUT2D eigenvalue weighted by atomic mass is 9.45. The molecule has 3 saturated carbocycles. The second kappa shape index (κ2) is 12.1. The molecule has 0 amide bonds. The molecule has 0 aromatic heterocycles. The summed E-state index contributed by atoms with van der Waals surface area (Å²) in [6.07, 6.45) is 10.4.